The van der Waals surface area contributed by atoms with Gasteiger partial charge in [0, 0.05) is 0 Å². The number of amides is 1. The van der Waals surface area contributed by atoms with E-state index in [4.69, 9.17) is 4.74 Å². The molecule has 9 heteroatoms. The summed E-state index contributed by atoms with van der Waals surface area (Å²) in [5.41, 5.74) is 1.33. The van der Waals surface area contributed by atoms with Crippen molar-refractivity contribution in [3.05, 3.63) is 76.1 Å². The molecular formula is C21H21BrN2O4S2. The fourth-order valence-electron chi connectivity index (χ4n) is 2.80. The minimum absolute atomic E-state index is 0.134. The second kappa shape index (κ2) is 10.2. The molecule has 1 amide bonds. The van der Waals surface area contributed by atoms with E-state index < -0.39 is 22.0 Å². The largest absolute Gasteiger partial charge is 0.492 e. The molecule has 3 rings (SSSR count). The Balaban J connectivity index is 1.86. The normalized spacial score (nSPS) is 12.3. The molecule has 2 aromatic carbocycles. The molecule has 0 aliphatic carbocycles. The van der Waals surface area contributed by atoms with Crippen molar-refractivity contribution in [1.82, 2.24) is 4.72 Å². The highest BCUT2D eigenvalue weighted by Crippen LogP contribution is 2.27. The summed E-state index contributed by atoms with van der Waals surface area (Å²) in [5.74, 6) is 0.0575. The molecule has 0 aliphatic heterocycles. The first-order valence-corrected chi connectivity index (χ1v) is 12.3. The molecule has 0 spiro atoms. The Hall–Kier alpha value is -2.20. The van der Waals surface area contributed by atoms with Crippen LogP contribution in [-0.2, 0) is 21.2 Å². The number of rotatable bonds is 9. The Labute approximate surface area is 188 Å². The van der Waals surface area contributed by atoms with Crippen LogP contribution >= 0.6 is 27.3 Å². The number of para-hydroxylation sites is 2. The lowest BCUT2D eigenvalue weighted by atomic mass is 10.1. The SMILES string of the molecule is CCOc1ccccc1NC(=O)C(Cc1ccccc1)NS(=O)(=O)c1ccc(Br)s1. The molecular weight excluding hydrogens is 488 g/mol. The van der Waals surface area contributed by atoms with Crippen LogP contribution in [0.5, 0.6) is 5.75 Å². The van der Waals surface area contributed by atoms with Crippen molar-refractivity contribution >= 4 is 48.9 Å². The van der Waals surface area contributed by atoms with Crippen LogP contribution in [0.3, 0.4) is 0 Å². The van der Waals surface area contributed by atoms with Gasteiger partial charge in [-0.05, 0) is 59.1 Å². The van der Waals surface area contributed by atoms with Gasteiger partial charge in [0.05, 0.1) is 16.1 Å². The van der Waals surface area contributed by atoms with Gasteiger partial charge in [-0.1, -0.05) is 42.5 Å². The van der Waals surface area contributed by atoms with E-state index in [1.807, 2.05) is 37.3 Å². The maximum Gasteiger partial charge on any atom is 0.250 e. The van der Waals surface area contributed by atoms with E-state index in [0.717, 1.165) is 16.9 Å². The summed E-state index contributed by atoms with van der Waals surface area (Å²) < 4.78 is 34.6. The molecule has 1 unspecified atom stereocenters. The molecule has 0 saturated carbocycles. The van der Waals surface area contributed by atoms with Gasteiger partial charge in [0.15, 0.2) is 0 Å². The Bertz CT molecular complexity index is 1100. The number of hydrogen-bond acceptors (Lipinski definition) is 5. The number of halogens is 1. The number of benzene rings is 2. The summed E-state index contributed by atoms with van der Waals surface area (Å²) >= 11 is 4.36. The van der Waals surface area contributed by atoms with Gasteiger partial charge in [0.2, 0.25) is 5.91 Å². The molecule has 0 saturated heterocycles. The zero-order valence-electron chi connectivity index (χ0n) is 16.2. The lowest BCUT2D eigenvalue weighted by molar-refractivity contribution is -0.117. The number of carbonyl (C=O) groups excluding carboxylic acids is 1. The lowest BCUT2D eigenvalue weighted by Crippen LogP contribution is -2.45. The third-order valence-electron chi connectivity index (χ3n) is 4.15. The number of ether oxygens (including phenoxy) is 1. The second-order valence-electron chi connectivity index (χ2n) is 6.34. The van der Waals surface area contributed by atoms with E-state index in [1.165, 1.54) is 6.07 Å². The smallest absolute Gasteiger partial charge is 0.250 e. The summed E-state index contributed by atoms with van der Waals surface area (Å²) in [6.45, 7) is 2.30. The van der Waals surface area contributed by atoms with Crippen molar-refractivity contribution in [2.24, 2.45) is 0 Å². The topological polar surface area (TPSA) is 84.5 Å². The Morgan fingerprint density at radius 1 is 1.07 bits per heavy atom. The first kappa shape index (κ1) is 22.5. The van der Waals surface area contributed by atoms with Crippen LogP contribution in [0.1, 0.15) is 12.5 Å². The van der Waals surface area contributed by atoms with Crippen LogP contribution in [0, 0.1) is 0 Å². The number of carbonyl (C=O) groups is 1. The van der Waals surface area contributed by atoms with E-state index in [9.17, 15) is 13.2 Å². The average Bonchev–Trinajstić information content (AvgIpc) is 3.17. The van der Waals surface area contributed by atoms with Crippen molar-refractivity contribution in [2.45, 2.75) is 23.6 Å². The maximum atomic E-state index is 13.1. The molecule has 1 aromatic heterocycles. The Morgan fingerprint density at radius 3 is 2.43 bits per heavy atom. The fourth-order valence-corrected chi connectivity index (χ4v) is 6.02. The quantitative estimate of drug-likeness (QED) is 0.447. The first-order valence-electron chi connectivity index (χ1n) is 9.23. The lowest BCUT2D eigenvalue weighted by Gasteiger charge is -2.19. The molecule has 3 aromatic rings. The van der Waals surface area contributed by atoms with Gasteiger partial charge in [0.25, 0.3) is 10.0 Å². The highest BCUT2D eigenvalue weighted by Gasteiger charge is 2.27. The third-order valence-corrected chi connectivity index (χ3v) is 7.74. The van der Waals surface area contributed by atoms with Crippen LogP contribution in [0.15, 0.2) is 74.7 Å². The van der Waals surface area contributed by atoms with Gasteiger partial charge in [-0.2, -0.15) is 4.72 Å². The van der Waals surface area contributed by atoms with Gasteiger partial charge in [0.1, 0.15) is 16.0 Å². The zero-order chi connectivity index (χ0) is 21.6. The van der Waals surface area contributed by atoms with Crippen molar-refractivity contribution in [3.8, 4) is 5.75 Å². The van der Waals surface area contributed by atoms with Crippen molar-refractivity contribution in [3.63, 3.8) is 0 Å². The van der Waals surface area contributed by atoms with Gasteiger partial charge in [-0.25, -0.2) is 8.42 Å². The first-order chi connectivity index (χ1) is 14.4. The molecule has 0 fully saturated rings. The standard InChI is InChI=1S/C21H21BrN2O4S2/c1-2-28-18-11-7-6-10-16(18)23-21(25)17(14-15-8-4-3-5-9-15)24-30(26,27)20-13-12-19(22)29-20/h3-13,17,24H,2,14H2,1H3,(H,23,25). The predicted octanol–water partition coefficient (Wildman–Crippen LogP) is 4.44. The number of anilines is 1. The molecule has 6 nitrogen and oxygen atoms in total. The number of nitrogens with one attached hydrogen (secondary N) is 2. The van der Waals surface area contributed by atoms with E-state index in [-0.39, 0.29) is 10.6 Å². The number of thiophene rings is 1. The van der Waals surface area contributed by atoms with E-state index in [2.05, 4.69) is 26.0 Å². The summed E-state index contributed by atoms with van der Waals surface area (Å²) in [4.78, 5) is 13.1. The van der Waals surface area contributed by atoms with E-state index >= 15 is 0 Å². The van der Waals surface area contributed by atoms with E-state index in [1.54, 1.807) is 30.3 Å². The third kappa shape index (κ3) is 5.91. The molecule has 1 heterocycles. The molecule has 0 radical (unpaired) electrons. The minimum Gasteiger partial charge on any atom is -0.492 e. The summed E-state index contributed by atoms with van der Waals surface area (Å²) in [6.07, 6.45) is 0.204. The van der Waals surface area contributed by atoms with Crippen molar-refractivity contribution in [2.75, 3.05) is 11.9 Å². The molecule has 2 N–H and O–H groups in total. The molecule has 0 bridgehead atoms. The van der Waals surface area contributed by atoms with Crippen LogP contribution in [0.2, 0.25) is 0 Å². The number of hydrogen-bond donors (Lipinski definition) is 2. The maximum absolute atomic E-state index is 13.1. The highest BCUT2D eigenvalue weighted by atomic mass is 79.9. The summed E-state index contributed by atoms with van der Waals surface area (Å²) in [6, 6.07) is 18.5. The molecule has 0 aliphatic rings. The highest BCUT2D eigenvalue weighted by molar-refractivity contribution is 9.11. The fraction of sp³-hybridized carbons (Fsp3) is 0.190. The summed E-state index contributed by atoms with van der Waals surface area (Å²) in [5, 5.41) is 2.80. The Morgan fingerprint density at radius 2 is 1.77 bits per heavy atom. The molecule has 1 atom stereocenters. The van der Waals surface area contributed by atoms with Crippen LogP contribution in [-0.4, -0.2) is 27.0 Å². The van der Waals surface area contributed by atoms with Gasteiger partial charge in [-0.3, -0.25) is 4.79 Å². The summed E-state index contributed by atoms with van der Waals surface area (Å²) in [7, 11) is -3.87. The number of sulfonamides is 1. The Kier molecular flexibility index (Phi) is 7.65. The van der Waals surface area contributed by atoms with Crippen molar-refractivity contribution in [1.29, 1.82) is 0 Å². The minimum atomic E-state index is -3.87. The average molecular weight is 509 g/mol. The van der Waals surface area contributed by atoms with Gasteiger partial charge >= 0.3 is 0 Å². The van der Waals surface area contributed by atoms with Crippen LogP contribution in [0.25, 0.3) is 0 Å². The van der Waals surface area contributed by atoms with Crippen molar-refractivity contribution < 1.29 is 17.9 Å². The van der Waals surface area contributed by atoms with Gasteiger partial charge in [-0.15, -0.1) is 11.3 Å². The molecule has 158 valence electrons. The van der Waals surface area contributed by atoms with Gasteiger partial charge < -0.3 is 10.1 Å². The molecule has 30 heavy (non-hydrogen) atoms. The monoisotopic (exact) mass is 508 g/mol. The second-order valence-corrected chi connectivity index (χ2v) is 10.7. The van der Waals surface area contributed by atoms with Crippen LogP contribution < -0.4 is 14.8 Å². The zero-order valence-corrected chi connectivity index (χ0v) is 19.4. The predicted molar refractivity (Wildman–Crippen MR) is 123 cm³/mol. The van der Waals surface area contributed by atoms with Crippen LogP contribution in [0.4, 0.5) is 5.69 Å². The van der Waals surface area contributed by atoms with E-state index in [0.29, 0.717) is 21.8 Å².